The Labute approximate surface area is 85.9 Å². The van der Waals surface area contributed by atoms with Crippen molar-refractivity contribution < 1.29 is 5.11 Å². The van der Waals surface area contributed by atoms with Gasteiger partial charge in [-0.15, -0.1) is 0 Å². The molecule has 3 N–H and O–H groups in total. The molecular formula is C9H12INO. The summed E-state index contributed by atoms with van der Waals surface area (Å²) < 4.78 is 1.19. The lowest BCUT2D eigenvalue weighted by Gasteiger charge is -2.12. The van der Waals surface area contributed by atoms with Crippen LogP contribution in [0.25, 0.3) is 0 Å². The zero-order chi connectivity index (χ0) is 9.14. The van der Waals surface area contributed by atoms with Gasteiger partial charge in [0.25, 0.3) is 0 Å². The second kappa shape index (κ2) is 4.20. The highest BCUT2D eigenvalue weighted by molar-refractivity contribution is 14.1. The minimum absolute atomic E-state index is 0.000926. The standard InChI is InChI=1S/C9H12INO/c1-6-7(9(11)5-12)3-2-4-8(6)10/h2-4,9,12H,5,11H2,1H3/t9-/m0/s1. The third kappa shape index (κ3) is 1.97. The zero-order valence-electron chi connectivity index (χ0n) is 6.92. The first-order chi connectivity index (χ1) is 5.66. The minimum atomic E-state index is -0.250. The van der Waals surface area contributed by atoms with E-state index in [1.165, 1.54) is 9.13 Å². The number of aliphatic hydroxyl groups is 1. The Bertz CT molecular complexity index is 275. The van der Waals surface area contributed by atoms with Crippen molar-refractivity contribution in [3.05, 3.63) is 32.9 Å². The zero-order valence-corrected chi connectivity index (χ0v) is 9.08. The number of hydrogen-bond acceptors (Lipinski definition) is 2. The molecule has 0 fully saturated rings. The van der Waals surface area contributed by atoms with Gasteiger partial charge in [-0.1, -0.05) is 12.1 Å². The molecule has 1 rings (SSSR count). The van der Waals surface area contributed by atoms with Crippen molar-refractivity contribution in [1.82, 2.24) is 0 Å². The lowest BCUT2D eigenvalue weighted by molar-refractivity contribution is 0.267. The van der Waals surface area contributed by atoms with Crippen LogP contribution < -0.4 is 5.73 Å². The molecule has 66 valence electrons. The second-order valence-corrected chi connectivity index (χ2v) is 3.91. The van der Waals surface area contributed by atoms with E-state index < -0.39 is 0 Å². The number of aliphatic hydroxyl groups excluding tert-OH is 1. The van der Waals surface area contributed by atoms with E-state index in [1.54, 1.807) is 0 Å². The van der Waals surface area contributed by atoms with Crippen LogP contribution in [-0.4, -0.2) is 11.7 Å². The smallest absolute Gasteiger partial charge is 0.0624 e. The third-order valence-corrected chi connectivity index (χ3v) is 3.07. The minimum Gasteiger partial charge on any atom is -0.394 e. The lowest BCUT2D eigenvalue weighted by atomic mass is 10.0. The summed E-state index contributed by atoms with van der Waals surface area (Å²) >= 11 is 2.26. The maximum absolute atomic E-state index is 8.88. The van der Waals surface area contributed by atoms with Crippen LogP contribution in [0.5, 0.6) is 0 Å². The van der Waals surface area contributed by atoms with Crippen LogP contribution in [0.15, 0.2) is 18.2 Å². The topological polar surface area (TPSA) is 46.2 Å². The molecule has 1 aromatic carbocycles. The molecule has 0 aliphatic heterocycles. The molecule has 0 bridgehead atoms. The van der Waals surface area contributed by atoms with E-state index in [0.717, 1.165) is 5.56 Å². The van der Waals surface area contributed by atoms with Gasteiger partial charge < -0.3 is 10.8 Å². The van der Waals surface area contributed by atoms with Crippen molar-refractivity contribution in [2.75, 3.05) is 6.61 Å². The van der Waals surface area contributed by atoms with Crippen LogP contribution in [0.1, 0.15) is 17.2 Å². The van der Waals surface area contributed by atoms with Crippen molar-refractivity contribution >= 4 is 22.6 Å². The molecule has 12 heavy (non-hydrogen) atoms. The highest BCUT2D eigenvalue weighted by Crippen LogP contribution is 2.20. The molecule has 0 aliphatic rings. The van der Waals surface area contributed by atoms with Crippen LogP contribution in [0, 0.1) is 10.5 Å². The molecule has 0 aromatic heterocycles. The van der Waals surface area contributed by atoms with E-state index >= 15 is 0 Å². The molecule has 1 atom stereocenters. The van der Waals surface area contributed by atoms with Crippen molar-refractivity contribution in [3.8, 4) is 0 Å². The van der Waals surface area contributed by atoms with Gasteiger partial charge in [-0.25, -0.2) is 0 Å². The molecule has 2 nitrogen and oxygen atoms in total. The molecule has 0 amide bonds. The number of halogens is 1. The van der Waals surface area contributed by atoms with Crippen molar-refractivity contribution in [3.63, 3.8) is 0 Å². The van der Waals surface area contributed by atoms with Crippen molar-refractivity contribution in [1.29, 1.82) is 0 Å². The second-order valence-electron chi connectivity index (χ2n) is 2.74. The molecule has 0 heterocycles. The number of nitrogens with two attached hydrogens (primary N) is 1. The first kappa shape index (κ1) is 9.95. The summed E-state index contributed by atoms with van der Waals surface area (Å²) in [5, 5.41) is 8.88. The van der Waals surface area contributed by atoms with E-state index in [9.17, 15) is 0 Å². The van der Waals surface area contributed by atoms with Crippen molar-refractivity contribution in [2.24, 2.45) is 5.73 Å². The Morgan fingerprint density at radius 1 is 1.58 bits per heavy atom. The predicted molar refractivity (Wildman–Crippen MR) is 57.9 cm³/mol. The Morgan fingerprint density at radius 2 is 2.25 bits per heavy atom. The Kier molecular flexibility index (Phi) is 3.49. The van der Waals surface area contributed by atoms with E-state index in [2.05, 4.69) is 22.6 Å². The number of rotatable bonds is 2. The molecule has 0 saturated carbocycles. The summed E-state index contributed by atoms with van der Waals surface area (Å²) in [5.41, 5.74) is 7.91. The third-order valence-electron chi connectivity index (χ3n) is 1.91. The molecule has 0 aliphatic carbocycles. The van der Waals surface area contributed by atoms with Gasteiger partial charge in [0.15, 0.2) is 0 Å². The lowest BCUT2D eigenvalue weighted by Crippen LogP contribution is -2.16. The van der Waals surface area contributed by atoms with Crippen LogP contribution >= 0.6 is 22.6 Å². The largest absolute Gasteiger partial charge is 0.394 e. The van der Waals surface area contributed by atoms with E-state index in [0.29, 0.717) is 0 Å². The molecule has 3 heteroatoms. The number of hydrogen-bond donors (Lipinski definition) is 2. The van der Waals surface area contributed by atoms with Gasteiger partial charge in [0.2, 0.25) is 0 Å². The fourth-order valence-electron chi connectivity index (χ4n) is 1.12. The summed E-state index contributed by atoms with van der Waals surface area (Å²) in [5.74, 6) is 0. The highest BCUT2D eigenvalue weighted by Gasteiger charge is 2.08. The molecule has 0 saturated heterocycles. The molecule has 0 radical (unpaired) electrons. The normalized spacial score (nSPS) is 13.0. The quantitative estimate of drug-likeness (QED) is 0.806. The molecule has 1 aromatic rings. The fraction of sp³-hybridized carbons (Fsp3) is 0.333. The first-order valence-corrected chi connectivity index (χ1v) is 4.86. The average molecular weight is 277 g/mol. The van der Waals surface area contributed by atoms with Crippen LogP contribution in [0.3, 0.4) is 0 Å². The Balaban J connectivity index is 3.07. The summed E-state index contributed by atoms with van der Waals surface area (Å²) in [6.07, 6.45) is 0. The van der Waals surface area contributed by atoms with Crippen LogP contribution in [0.2, 0.25) is 0 Å². The fourth-order valence-corrected chi connectivity index (χ4v) is 1.64. The Morgan fingerprint density at radius 3 is 2.83 bits per heavy atom. The van der Waals surface area contributed by atoms with E-state index in [-0.39, 0.29) is 12.6 Å². The number of benzene rings is 1. The SMILES string of the molecule is Cc1c(I)cccc1[C@@H](N)CO. The molecular weight excluding hydrogens is 265 g/mol. The average Bonchev–Trinajstić information content (AvgIpc) is 2.08. The van der Waals surface area contributed by atoms with Gasteiger partial charge in [0, 0.05) is 3.57 Å². The van der Waals surface area contributed by atoms with Gasteiger partial charge in [-0.3, -0.25) is 0 Å². The van der Waals surface area contributed by atoms with Crippen LogP contribution in [0.4, 0.5) is 0 Å². The maximum Gasteiger partial charge on any atom is 0.0624 e. The summed E-state index contributed by atoms with van der Waals surface area (Å²) in [6, 6.07) is 5.70. The Hall–Kier alpha value is -0.130. The summed E-state index contributed by atoms with van der Waals surface area (Å²) in [6.45, 7) is 2.02. The molecule has 0 unspecified atom stereocenters. The highest BCUT2D eigenvalue weighted by atomic mass is 127. The first-order valence-electron chi connectivity index (χ1n) is 3.78. The van der Waals surface area contributed by atoms with Gasteiger partial charge in [-0.05, 0) is 46.7 Å². The van der Waals surface area contributed by atoms with E-state index in [4.69, 9.17) is 10.8 Å². The monoisotopic (exact) mass is 277 g/mol. The van der Waals surface area contributed by atoms with Gasteiger partial charge >= 0.3 is 0 Å². The maximum atomic E-state index is 8.88. The summed E-state index contributed by atoms with van der Waals surface area (Å²) in [4.78, 5) is 0. The predicted octanol–water partition coefficient (Wildman–Crippen LogP) is 1.59. The summed E-state index contributed by atoms with van der Waals surface area (Å²) in [7, 11) is 0. The van der Waals surface area contributed by atoms with Gasteiger partial charge in [0.1, 0.15) is 0 Å². The van der Waals surface area contributed by atoms with Crippen molar-refractivity contribution in [2.45, 2.75) is 13.0 Å². The molecule has 0 spiro atoms. The van der Waals surface area contributed by atoms with Crippen LogP contribution in [-0.2, 0) is 0 Å². The van der Waals surface area contributed by atoms with Gasteiger partial charge in [0.05, 0.1) is 12.6 Å². The van der Waals surface area contributed by atoms with E-state index in [1.807, 2.05) is 25.1 Å². The van der Waals surface area contributed by atoms with Gasteiger partial charge in [-0.2, -0.15) is 0 Å².